The molecule has 5 heteroatoms. The van der Waals surface area contributed by atoms with Crippen molar-refractivity contribution in [2.45, 2.75) is 31.7 Å². The second-order valence-corrected chi connectivity index (χ2v) is 5.22. The Labute approximate surface area is 118 Å². The van der Waals surface area contributed by atoms with Gasteiger partial charge in [0.2, 0.25) is 5.91 Å². The molecule has 1 aromatic carbocycles. The molecule has 1 heterocycles. The van der Waals surface area contributed by atoms with E-state index in [0.717, 1.165) is 44.5 Å². The summed E-state index contributed by atoms with van der Waals surface area (Å²) in [5.74, 6) is -1.80. The second-order valence-electron chi connectivity index (χ2n) is 5.22. The Morgan fingerprint density at radius 3 is 2.85 bits per heavy atom. The molecule has 1 aliphatic rings. The van der Waals surface area contributed by atoms with E-state index < -0.39 is 11.6 Å². The number of carbonyl (C=O) groups is 1. The first-order chi connectivity index (χ1) is 9.61. The van der Waals surface area contributed by atoms with Crippen LogP contribution in [-0.2, 0) is 11.2 Å². The third-order valence-electron chi connectivity index (χ3n) is 3.73. The lowest BCUT2D eigenvalue weighted by atomic mass is 10.0. The van der Waals surface area contributed by atoms with E-state index in [-0.39, 0.29) is 18.4 Å². The van der Waals surface area contributed by atoms with Gasteiger partial charge in [0, 0.05) is 19.1 Å². The van der Waals surface area contributed by atoms with Crippen LogP contribution in [0.15, 0.2) is 18.2 Å². The molecule has 1 aliphatic heterocycles. The largest absolute Gasteiger partial charge is 0.338 e. The minimum atomic E-state index is -0.902. The van der Waals surface area contributed by atoms with Crippen LogP contribution in [-0.4, -0.2) is 37.0 Å². The van der Waals surface area contributed by atoms with E-state index >= 15 is 0 Å². The number of nitrogens with zero attached hydrogens (tertiary/aromatic N) is 1. The Kier molecular flexibility index (Phi) is 5.06. The zero-order valence-electron chi connectivity index (χ0n) is 11.7. The van der Waals surface area contributed by atoms with Crippen LogP contribution >= 0.6 is 0 Å². The van der Waals surface area contributed by atoms with E-state index in [0.29, 0.717) is 5.56 Å². The summed E-state index contributed by atoms with van der Waals surface area (Å²) in [5.41, 5.74) is 0.516. The molecule has 1 atom stereocenters. The van der Waals surface area contributed by atoms with Crippen LogP contribution in [0.25, 0.3) is 0 Å². The fourth-order valence-electron chi connectivity index (χ4n) is 2.70. The van der Waals surface area contributed by atoms with Gasteiger partial charge in [0.05, 0.1) is 6.42 Å². The normalized spacial score (nSPS) is 19.1. The Morgan fingerprint density at radius 1 is 1.35 bits per heavy atom. The number of carbonyl (C=O) groups excluding carboxylic acids is 1. The van der Waals surface area contributed by atoms with Gasteiger partial charge in [-0.2, -0.15) is 0 Å². The Morgan fingerprint density at radius 2 is 2.15 bits per heavy atom. The molecule has 1 fully saturated rings. The Balaban J connectivity index is 2.03. The first kappa shape index (κ1) is 14.9. The molecule has 1 saturated heterocycles. The molecule has 0 aromatic heterocycles. The summed E-state index contributed by atoms with van der Waals surface area (Å²) < 4.78 is 26.0. The van der Waals surface area contributed by atoms with E-state index in [1.165, 1.54) is 6.07 Å². The van der Waals surface area contributed by atoms with Crippen molar-refractivity contribution in [1.82, 2.24) is 10.2 Å². The van der Waals surface area contributed by atoms with Gasteiger partial charge in [-0.3, -0.25) is 4.79 Å². The van der Waals surface area contributed by atoms with Crippen LogP contribution in [0.4, 0.5) is 8.78 Å². The van der Waals surface area contributed by atoms with E-state index in [4.69, 9.17) is 0 Å². The summed E-state index contributed by atoms with van der Waals surface area (Å²) in [7, 11) is 1.87. The van der Waals surface area contributed by atoms with Crippen LogP contribution in [0.3, 0.4) is 0 Å². The molecular formula is C15H20F2N2O. The number of hydrogen-bond acceptors (Lipinski definition) is 2. The topological polar surface area (TPSA) is 32.3 Å². The number of rotatable bonds is 4. The fraction of sp³-hybridized carbons (Fsp3) is 0.533. The van der Waals surface area contributed by atoms with Crippen molar-refractivity contribution in [2.24, 2.45) is 0 Å². The van der Waals surface area contributed by atoms with Gasteiger partial charge in [-0.1, -0.05) is 6.07 Å². The maximum absolute atomic E-state index is 13.2. The molecule has 1 aromatic rings. The summed E-state index contributed by atoms with van der Waals surface area (Å²) in [6.45, 7) is 1.51. The average molecular weight is 282 g/mol. The van der Waals surface area contributed by atoms with Gasteiger partial charge in [-0.05, 0) is 44.0 Å². The minimum Gasteiger partial charge on any atom is -0.338 e. The van der Waals surface area contributed by atoms with Crippen molar-refractivity contribution >= 4 is 5.91 Å². The highest BCUT2D eigenvalue weighted by Gasteiger charge is 2.26. The zero-order chi connectivity index (χ0) is 14.5. The zero-order valence-corrected chi connectivity index (χ0v) is 11.7. The Bertz CT molecular complexity index is 477. The number of nitrogens with one attached hydrogen (secondary N) is 1. The highest BCUT2D eigenvalue weighted by atomic mass is 19.2. The summed E-state index contributed by atoms with van der Waals surface area (Å²) in [4.78, 5) is 14.2. The van der Waals surface area contributed by atoms with E-state index in [1.54, 1.807) is 0 Å². The second kappa shape index (κ2) is 6.79. The maximum atomic E-state index is 13.2. The molecule has 1 N–H and O–H groups in total. The molecule has 110 valence electrons. The van der Waals surface area contributed by atoms with Gasteiger partial charge in [0.1, 0.15) is 0 Å². The summed E-state index contributed by atoms with van der Waals surface area (Å²) >= 11 is 0. The van der Waals surface area contributed by atoms with E-state index in [1.807, 2.05) is 11.9 Å². The lowest BCUT2D eigenvalue weighted by Crippen LogP contribution is -2.48. The number of likely N-dealkylation sites (tertiary alicyclic amines) is 1. The lowest BCUT2D eigenvalue weighted by molar-refractivity contribution is -0.134. The molecule has 3 nitrogen and oxygen atoms in total. The van der Waals surface area contributed by atoms with Crippen LogP contribution in [0, 0.1) is 11.6 Å². The summed E-state index contributed by atoms with van der Waals surface area (Å²) in [6.07, 6.45) is 3.24. The number of halogens is 2. The molecule has 0 radical (unpaired) electrons. The standard InChI is InChI=1S/C15H20F2N2O/c1-18-10-12-4-2-3-7-19(12)15(20)9-11-5-6-13(16)14(17)8-11/h5-6,8,12,18H,2-4,7,9-10H2,1H3. The number of hydrogen-bond donors (Lipinski definition) is 1. The predicted molar refractivity (Wildman–Crippen MR) is 73.3 cm³/mol. The molecule has 0 saturated carbocycles. The molecule has 0 aliphatic carbocycles. The molecule has 0 bridgehead atoms. The highest BCUT2D eigenvalue weighted by molar-refractivity contribution is 5.79. The predicted octanol–water partition coefficient (Wildman–Crippen LogP) is 2.11. The van der Waals surface area contributed by atoms with Crippen LogP contribution in [0.2, 0.25) is 0 Å². The molecule has 20 heavy (non-hydrogen) atoms. The first-order valence-electron chi connectivity index (χ1n) is 7.00. The van der Waals surface area contributed by atoms with Crippen LogP contribution in [0.1, 0.15) is 24.8 Å². The Hall–Kier alpha value is -1.49. The van der Waals surface area contributed by atoms with Gasteiger partial charge >= 0.3 is 0 Å². The maximum Gasteiger partial charge on any atom is 0.227 e. The highest BCUT2D eigenvalue weighted by Crippen LogP contribution is 2.18. The first-order valence-corrected chi connectivity index (χ1v) is 7.00. The van der Waals surface area contributed by atoms with Gasteiger partial charge < -0.3 is 10.2 Å². The van der Waals surface area contributed by atoms with Crippen molar-refractivity contribution in [2.75, 3.05) is 20.1 Å². The number of benzene rings is 1. The summed E-state index contributed by atoms with van der Waals surface area (Å²) in [6, 6.07) is 3.84. The molecule has 2 rings (SSSR count). The SMILES string of the molecule is CNCC1CCCCN1C(=O)Cc1ccc(F)c(F)c1. The van der Waals surface area contributed by atoms with E-state index in [9.17, 15) is 13.6 Å². The molecular weight excluding hydrogens is 262 g/mol. The third-order valence-corrected chi connectivity index (χ3v) is 3.73. The van der Waals surface area contributed by atoms with Crippen molar-refractivity contribution < 1.29 is 13.6 Å². The summed E-state index contributed by atoms with van der Waals surface area (Å²) in [5, 5.41) is 3.10. The fourth-order valence-corrected chi connectivity index (χ4v) is 2.70. The van der Waals surface area contributed by atoms with Gasteiger partial charge in [-0.25, -0.2) is 8.78 Å². The van der Waals surface area contributed by atoms with Gasteiger partial charge in [0.15, 0.2) is 11.6 Å². The van der Waals surface area contributed by atoms with Crippen LogP contribution < -0.4 is 5.32 Å². The van der Waals surface area contributed by atoms with Crippen molar-refractivity contribution in [3.8, 4) is 0 Å². The van der Waals surface area contributed by atoms with Crippen molar-refractivity contribution in [1.29, 1.82) is 0 Å². The molecule has 1 amide bonds. The number of amides is 1. The molecule has 1 unspecified atom stereocenters. The van der Waals surface area contributed by atoms with Crippen molar-refractivity contribution in [3.05, 3.63) is 35.4 Å². The quantitative estimate of drug-likeness (QED) is 0.917. The molecule has 0 spiro atoms. The van der Waals surface area contributed by atoms with Crippen LogP contribution in [0.5, 0.6) is 0 Å². The van der Waals surface area contributed by atoms with Crippen molar-refractivity contribution in [3.63, 3.8) is 0 Å². The monoisotopic (exact) mass is 282 g/mol. The van der Waals surface area contributed by atoms with Gasteiger partial charge in [0.25, 0.3) is 0 Å². The lowest BCUT2D eigenvalue weighted by Gasteiger charge is -2.36. The number of piperidine rings is 1. The number of likely N-dealkylation sites (N-methyl/N-ethyl adjacent to an activating group) is 1. The van der Waals surface area contributed by atoms with Gasteiger partial charge in [-0.15, -0.1) is 0 Å². The third kappa shape index (κ3) is 3.54. The minimum absolute atomic E-state index is 0.0176. The average Bonchev–Trinajstić information content (AvgIpc) is 2.44. The smallest absolute Gasteiger partial charge is 0.227 e. The van der Waals surface area contributed by atoms with E-state index in [2.05, 4.69) is 5.32 Å².